The van der Waals surface area contributed by atoms with Gasteiger partial charge in [-0.1, -0.05) is 63.6 Å². The summed E-state index contributed by atoms with van der Waals surface area (Å²) in [4.78, 5) is 17.6. The second kappa shape index (κ2) is 9.12. The van der Waals surface area contributed by atoms with Crippen molar-refractivity contribution in [2.45, 2.75) is 51.9 Å². The Bertz CT molecular complexity index is 860. The lowest BCUT2D eigenvalue weighted by Gasteiger charge is -2.53. The van der Waals surface area contributed by atoms with Crippen molar-refractivity contribution in [1.29, 1.82) is 0 Å². The van der Waals surface area contributed by atoms with Crippen LogP contribution in [0.25, 0.3) is 0 Å². The number of carbonyl (C=O) groups excluding carboxylic acids is 1. The zero-order valence-corrected chi connectivity index (χ0v) is 18.7. The van der Waals surface area contributed by atoms with Crippen LogP contribution in [0.4, 0.5) is 10.1 Å². The molecule has 0 aliphatic heterocycles. The van der Waals surface area contributed by atoms with Crippen LogP contribution in [-0.4, -0.2) is 25.2 Å². The molecule has 6 heteroatoms. The van der Waals surface area contributed by atoms with Crippen molar-refractivity contribution in [2.75, 3.05) is 19.6 Å². The van der Waals surface area contributed by atoms with Gasteiger partial charge in [0.25, 0.3) is 0 Å². The summed E-state index contributed by atoms with van der Waals surface area (Å²) < 4.78 is 14.9. The minimum atomic E-state index is -0.547. The Morgan fingerprint density at radius 1 is 1.24 bits per heavy atom. The number of benzene rings is 1. The van der Waals surface area contributed by atoms with Crippen molar-refractivity contribution in [2.24, 2.45) is 5.41 Å². The van der Waals surface area contributed by atoms with Crippen LogP contribution in [0.5, 0.6) is 5.75 Å². The fourth-order valence-corrected chi connectivity index (χ4v) is 4.56. The molecule has 0 radical (unpaired) electrons. The van der Waals surface area contributed by atoms with Gasteiger partial charge in [-0.25, -0.2) is 4.98 Å². The quantitative estimate of drug-likeness (QED) is 0.590. The fourth-order valence-electron chi connectivity index (χ4n) is 4.41. The minimum Gasteiger partial charge on any atom is -0.494 e. The lowest BCUT2D eigenvalue weighted by Crippen LogP contribution is -2.54. The third-order valence-electron chi connectivity index (χ3n) is 5.39. The fraction of sp³-hybridized carbons (Fsp3) is 0.478. The summed E-state index contributed by atoms with van der Waals surface area (Å²) in [6, 6.07) is 9.90. The first-order valence-electron chi connectivity index (χ1n) is 9.67. The molecule has 1 aliphatic carbocycles. The zero-order valence-electron chi connectivity index (χ0n) is 18.0. The van der Waals surface area contributed by atoms with E-state index >= 15 is 0 Å². The van der Waals surface area contributed by atoms with Crippen molar-refractivity contribution in [1.82, 2.24) is 4.98 Å². The van der Waals surface area contributed by atoms with E-state index < -0.39 is 5.41 Å². The van der Waals surface area contributed by atoms with Crippen molar-refractivity contribution in [3.05, 3.63) is 52.8 Å². The van der Waals surface area contributed by atoms with Crippen molar-refractivity contribution < 1.29 is 13.9 Å². The Balaban J connectivity index is 0.00000145. The highest BCUT2D eigenvalue weighted by atomic mass is 35.5. The van der Waals surface area contributed by atoms with Crippen LogP contribution in [-0.2, 0) is 10.2 Å². The van der Waals surface area contributed by atoms with Gasteiger partial charge < -0.3 is 10.1 Å². The van der Waals surface area contributed by atoms with Crippen molar-refractivity contribution in [3.63, 3.8) is 0 Å². The van der Waals surface area contributed by atoms with Gasteiger partial charge in [-0.05, 0) is 35.3 Å². The van der Waals surface area contributed by atoms with E-state index in [9.17, 15) is 9.18 Å². The molecule has 3 rings (SSSR count). The number of rotatable bonds is 5. The van der Waals surface area contributed by atoms with E-state index in [-0.39, 0.29) is 11.3 Å². The maximum atomic E-state index is 13.5. The normalized spacial score (nSPS) is 16.3. The molecule has 1 amide bonds. The first-order chi connectivity index (χ1) is 13.7. The Labute approximate surface area is 177 Å². The van der Waals surface area contributed by atoms with Gasteiger partial charge in [0.1, 0.15) is 16.6 Å². The maximum absolute atomic E-state index is 13.5. The molecule has 29 heavy (non-hydrogen) atoms. The number of hydrogen-bond acceptors (Lipinski definition) is 3. The van der Waals surface area contributed by atoms with E-state index in [2.05, 4.69) is 50.1 Å². The number of alkyl halides is 1. The van der Waals surface area contributed by atoms with Crippen LogP contribution in [0.3, 0.4) is 0 Å². The number of methoxy groups -OCH3 is 1. The molecule has 0 bridgehead atoms. The number of nitrogens with zero attached hydrogens (tertiary/aromatic N) is 1. The van der Waals surface area contributed by atoms with E-state index in [1.807, 2.05) is 12.1 Å². The van der Waals surface area contributed by atoms with Gasteiger partial charge >= 0.3 is 0 Å². The molecule has 1 aliphatic rings. The number of hydrogen-bond donors (Lipinski definition) is 1. The summed E-state index contributed by atoms with van der Waals surface area (Å²) in [5, 5.41) is 3.38. The molecule has 0 spiro atoms. The number of anilines is 1. The largest absolute Gasteiger partial charge is 0.494 e. The second-order valence-electron chi connectivity index (χ2n) is 8.50. The van der Waals surface area contributed by atoms with Gasteiger partial charge in [-0.15, -0.1) is 0 Å². The molecule has 2 aromatic rings. The number of aromatic nitrogens is 1. The Morgan fingerprint density at radius 2 is 1.86 bits per heavy atom. The third kappa shape index (κ3) is 4.72. The number of pyridine rings is 1. The average molecular weight is 421 g/mol. The van der Waals surface area contributed by atoms with E-state index in [0.717, 1.165) is 18.4 Å². The summed E-state index contributed by atoms with van der Waals surface area (Å²) in [6.07, 6.45) is 3.16. The molecule has 0 unspecified atom stereocenters. The number of amides is 1. The first-order valence-corrected chi connectivity index (χ1v) is 10.0. The van der Waals surface area contributed by atoms with Crippen LogP contribution in [0, 0.1) is 5.41 Å². The molecule has 1 aromatic heterocycles. The summed E-state index contributed by atoms with van der Waals surface area (Å²) in [5.41, 5.74) is 2.47. The summed E-state index contributed by atoms with van der Waals surface area (Å²) in [6.45, 7) is 8.75. The van der Waals surface area contributed by atoms with E-state index in [4.69, 9.17) is 16.3 Å². The molecule has 0 saturated heterocycles. The Morgan fingerprint density at radius 3 is 2.41 bits per heavy atom. The van der Waals surface area contributed by atoms with Crippen molar-refractivity contribution in [3.8, 4) is 5.75 Å². The Kier molecular flexibility index (Phi) is 7.28. The number of carbonyl (C=O) groups is 1. The van der Waals surface area contributed by atoms with Gasteiger partial charge in [0, 0.05) is 6.07 Å². The Hall–Kier alpha value is -2.14. The predicted octanol–water partition coefficient (Wildman–Crippen LogP) is 6.15. The molecular weight excluding hydrogens is 391 g/mol. The molecule has 1 N–H and O–H groups in total. The molecular formula is C23H30ClFN2O2. The van der Waals surface area contributed by atoms with Crippen LogP contribution >= 0.6 is 11.6 Å². The minimum absolute atomic E-state index is 0.0163. The lowest BCUT2D eigenvalue weighted by atomic mass is 9.50. The molecule has 158 valence electrons. The summed E-state index contributed by atoms with van der Waals surface area (Å²) >= 11 is 5.95. The van der Waals surface area contributed by atoms with Gasteiger partial charge in [-0.2, -0.15) is 0 Å². The van der Waals surface area contributed by atoms with Crippen LogP contribution in [0.1, 0.15) is 57.6 Å². The molecule has 1 saturated carbocycles. The second-order valence-corrected chi connectivity index (χ2v) is 8.89. The van der Waals surface area contributed by atoms with Crippen LogP contribution < -0.4 is 10.1 Å². The van der Waals surface area contributed by atoms with Gasteiger partial charge in [0.05, 0.1) is 25.9 Å². The first kappa shape index (κ1) is 23.1. The summed E-state index contributed by atoms with van der Waals surface area (Å²) in [7, 11) is 2.05. The monoisotopic (exact) mass is 420 g/mol. The average Bonchev–Trinajstić information content (AvgIpc) is 2.68. The lowest BCUT2D eigenvalue weighted by molar-refractivity contribution is -0.129. The SMILES string of the molecule is CF.COc1cc(Cl)ncc1NC(=O)C1(c2ccccc2C(C)C)CC(C)(C)C1. The highest BCUT2D eigenvalue weighted by Gasteiger charge is 2.56. The number of nitrogens with one attached hydrogen (secondary N) is 1. The van der Waals surface area contributed by atoms with Crippen molar-refractivity contribution >= 4 is 23.2 Å². The maximum Gasteiger partial charge on any atom is 0.235 e. The highest BCUT2D eigenvalue weighted by molar-refractivity contribution is 6.29. The predicted molar refractivity (Wildman–Crippen MR) is 117 cm³/mol. The highest BCUT2D eigenvalue weighted by Crippen LogP contribution is 2.57. The van der Waals surface area contributed by atoms with E-state index in [1.165, 1.54) is 5.56 Å². The third-order valence-corrected chi connectivity index (χ3v) is 5.60. The van der Waals surface area contributed by atoms with Gasteiger partial charge in [0.15, 0.2) is 0 Å². The van der Waals surface area contributed by atoms with Gasteiger partial charge in [-0.3, -0.25) is 9.18 Å². The van der Waals surface area contributed by atoms with E-state index in [0.29, 0.717) is 29.7 Å². The van der Waals surface area contributed by atoms with Crippen LogP contribution in [0.2, 0.25) is 5.15 Å². The molecule has 4 nitrogen and oxygen atoms in total. The number of ether oxygens (including phenoxy) is 1. The molecule has 0 atom stereocenters. The molecule has 1 heterocycles. The van der Waals surface area contributed by atoms with Crippen LogP contribution in [0.15, 0.2) is 36.5 Å². The molecule has 1 fully saturated rings. The van der Waals surface area contributed by atoms with E-state index in [1.54, 1.807) is 19.4 Å². The zero-order chi connectivity index (χ0) is 21.8. The standard InChI is InChI=1S/C22H27ClN2O2.CH3F/c1-14(2)15-8-6-7-9-16(15)22(12-21(3,4)13-22)20(26)25-17-11-24-19(23)10-18(17)27-5;1-2/h6-11,14H,12-13H2,1-5H3,(H,25,26);1H3. The number of halogens is 2. The topological polar surface area (TPSA) is 51.2 Å². The molecule has 1 aromatic carbocycles. The smallest absolute Gasteiger partial charge is 0.235 e. The summed E-state index contributed by atoms with van der Waals surface area (Å²) in [5.74, 6) is 0.841. The van der Waals surface area contributed by atoms with Gasteiger partial charge in [0.2, 0.25) is 5.91 Å².